The maximum Gasteiger partial charge on any atom is 0.126 e. The predicted molar refractivity (Wildman–Crippen MR) is 76.4 cm³/mol. The lowest BCUT2D eigenvalue weighted by Crippen LogP contribution is -2.14. The van der Waals surface area contributed by atoms with Crippen LogP contribution in [0.1, 0.15) is 24.0 Å². The molecule has 0 spiro atoms. The van der Waals surface area contributed by atoms with Gasteiger partial charge in [-0.25, -0.2) is 4.39 Å². The standard InChI is InChI=1S/C17H18FN/c1-12-2-5-15(10-17(12)18)14-6-3-13(4-7-14)11-19-16-8-9-16/h2-7,10,16,19H,8-9,11H2,1H3. The van der Waals surface area contributed by atoms with Gasteiger partial charge in [0.05, 0.1) is 0 Å². The molecule has 0 heterocycles. The number of aryl methyl sites for hydroxylation is 1. The molecule has 0 atom stereocenters. The fourth-order valence-corrected chi connectivity index (χ4v) is 2.14. The van der Waals surface area contributed by atoms with Gasteiger partial charge in [-0.15, -0.1) is 0 Å². The zero-order chi connectivity index (χ0) is 13.2. The van der Waals surface area contributed by atoms with Gasteiger partial charge < -0.3 is 5.32 Å². The van der Waals surface area contributed by atoms with Crippen LogP contribution in [-0.4, -0.2) is 6.04 Å². The van der Waals surface area contributed by atoms with Crippen LogP contribution < -0.4 is 5.32 Å². The second kappa shape index (κ2) is 5.14. The third-order valence-corrected chi connectivity index (χ3v) is 3.63. The van der Waals surface area contributed by atoms with Crippen molar-refractivity contribution in [3.05, 3.63) is 59.4 Å². The molecule has 2 aromatic carbocycles. The van der Waals surface area contributed by atoms with Crippen molar-refractivity contribution in [1.29, 1.82) is 0 Å². The molecule has 1 N–H and O–H groups in total. The SMILES string of the molecule is Cc1ccc(-c2ccc(CNC3CC3)cc2)cc1F. The fraction of sp³-hybridized carbons (Fsp3) is 0.294. The minimum absolute atomic E-state index is 0.142. The van der Waals surface area contributed by atoms with Crippen molar-refractivity contribution in [2.45, 2.75) is 32.4 Å². The van der Waals surface area contributed by atoms with Gasteiger partial charge >= 0.3 is 0 Å². The minimum atomic E-state index is -0.142. The molecule has 1 nitrogen and oxygen atoms in total. The zero-order valence-electron chi connectivity index (χ0n) is 11.1. The van der Waals surface area contributed by atoms with E-state index in [1.165, 1.54) is 18.4 Å². The first-order chi connectivity index (χ1) is 9.22. The van der Waals surface area contributed by atoms with Crippen LogP contribution in [0.3, 0.4) is 0 Å². The summed E-state index contributed by atoms with van der Waals surface area (Å²) in [5.41, 5.74) is 3.97. The fourth-order valence-electron chi connectivity index (χ4n) is 2.14. The van der Waals surface area contributed by atoms with E-state index in [9.17, 15) is 4.39 Å². The number of benzene rings is 2. The van der Waals surface area contributed by atoms with Crippen LogP contribution in [0.2, 0.25) is 0 Å². The molecule has 2 aromatic rings. The van der Waals surface area contributed by atoms with Gasteiger partial charge in [-0.05, 0) is 48.1 Å². The number of hydrogen-bond acceptors (Lipinski definition) is 1. The van der Waals surface area contributed by atoms with Gasteiger partial charge in [-0.2, -0.15) is 0 Å². The molecule has 98 valence electrons. The van der Waals surface area contributed by atoms with Gasteiger partial charge in [-0.3, -0.25) is 0 Å². The highest BCUT2D eigenvalue weighted by molar-refractivity contribution is 5.64. The summed E-state index contributed by atoms with van der Waals surface area (Å²) in [6.45, 7) is 2.71. The molecule has 1 aliphatic carbocycles. The predicted octanol–water partition coefficient (Wildman–Crippen LogP) is 4.05. The van der Waals surface area contributed by atoms with Crippen molar-refractivity contribution >= 4 is 0 Å². The first-order valence-electron chi connectivity index (χ1n) is 6.81. The van der Waals surface area contributed by atoms with Crippen molar-refractivity contribution in [1.82, 2.24) is 5.32 Å². The molecule has 0 aromatic heterocycles. The third kappa shape index (κ3) is 3.02. The second-order valence-electron chi connectivity index (χ2n) is 5.32. The van der Waals surface area contributed by atoms with Crippen LogP contribution in [0.4, 0.5) is 4.39 Å². The van der Waals surface area contributed by atoms with Crippen molar-refractivity contribution in [3.8, 4) is 11.1 Å². The van der Waals surface area contributed by atoms with E-state index >= 15 is 0 Å². The smallest absolute Gasteiger partial charge is 0.126 e. The normalized spacial score (nSPS) is 14.6. The summed E-state index contributed by atoms with van der Waals surface area (Å²) in [6, 6.07) is 14.5. The highest BCUT2D eigenvalue weighted by Crippen LogP contribution is 2.23. The van der Waals surface area contributed by atoms with E-state index in [4.69, 9.17) is 0 Å². The Hall–Kier alpha value is -1.67. The Balaban J connectivity index is 1.74. The molecule has 0 unspecified atom stereocenters. The van der Waals surface area contributed by atoms with Crippen LogP contribution in [0.5, 0.6) is 0 Å². The van der Waals surface area contributed by atoms with Crippen molar-refractivity contribution in [2.24, 2.45) is 0 Å². The zero-order valence-corrected chi connectivity index (χ0v) is 11.1. The highest BCUT2D eigenvalue weighted by Gasteiger charge is 2.19. The van der Waals surface area contributed by atoms with Crippen LogP contribution >= 0.6 is 0 Å². The summed E-state index contributed by atoms with van der Waals surface area (Å²) in [4.78, 5) is 0. The molecule has 0 saturated heterocycles. The molecule has 1 fully saturated rings. The van der Waals surface area contributed by atoms with Crippen molar-refractivity contribution in [3.63, 3.8) is 0 Å². The van der Waals surface area contributed by atoms with E-state index in [2.05, 4.69) is 29.6 Å². The third-order valence-electron chi connectivity index (χ3n) is 3.63. The summed E-state index contributed by atoms with van der Waals surface area (Å²) in [5.74, 6) is -0.142. The van der Waals surface area contributed by atoms with E-state index in [0.29, 0.717) is 5.56 Å². The second-order valence-corrected chi connectivity index (χ2v) is 5.32. The summed E-state index contributed by atoms with van der Waals surface area (Å²) in [5, 5.41) is 3.49. The number of halogens is 1. The molecule has 0 aliphatic heterocycles. The molecule has 0 radical (unpaired) electrons. The Morgan fingerprint density at radius 1 is 1.05 bits per heavy atom. The topological polar surface area (TPSA) is 12.0 Å². The van der Waals surface area contributed by atoms with Gasteiger partial charge in [0.1, 0.15) is 5.82 Å². The monoisotopic (exact) mass is 255 g/mol. The van der Waals surface area contributed by atoms with Crippen molar-refractivity contribution < 1.29 is 4.39 Å². The van der Waals surface area contributed by atoms with E-state index in [0.717, 1.165) is 23.7 Å². The lowest BCUT2D eigenvalue weighted by atomic mass is 10.0. The molecule has 0 amide bonds. The van der Waals surface area contributed by atoms with Gasteiger partial charge in [-0.1, -0.05) is 36.4 Å². The minimum Gasteiger partial charge on any atom is -0.310 e. The highest BCUT2D eigenvalue weighted by atomic mass is 19.1. The van der Waals surface area contributed by atoms with E-state index in [-0.39, 0.29) is 5.82 Å². The van der Waals surface area contributed by atoms with Gasteiger partial charge in [0, 0.05) is 12.6 Å². The number of nitrogens with one attached hydrogen (secondary N) is 1. The molecular formula is C17H18FN. The van der Waals surface area contributed by atoms with E-state index < -0.39 is 0 Å². The van der Waals surface area contributed by atoms with Crippen LogP contribution in [0, 0.1) is 12.7 Å². The van der Waals surface area contributed by atoms with Gasteiger partial charge in [0.2, 0.25) is 0 Å². The molecule has 3 rings (SSSR count). The number of rotatable bonds is 4. The average Bonchev–Trinajstić information content (AvgIpc) is 3.24. The lowest BCUT2D eigenvalue weighted by molar-refractivity contribution is 0.619. The van der Waals surface area contributed by atoms with E-state index in [1.807, 2.05) is 12.1 Å². The molecule has 19 heavy (non-hydrogen) atoms. The molecule has 1 saturated carbocycles. The van der Waals surface area contributed by atoms with Crippen LogP contribution in [0.25, 0.3) is 11.1 Å². The maximum atomic E-state index is 13.6. The largest absolute Gasteiger partial charge is 0.310 e. The maximum absolute atomic E-state index is 13.6. The van der Waals surface area contributed by atoms with Gasteiger partial charge in [0.25, 0.3) is 0 Å². The van der Waals surface area contributed by atoms with Crippen LogP contribution in [0.15, 0.2) is 42.5 Å². The van der Waals surface area contributed by atoms with Crippen LogP contribution in [-0.2, 0) is 6.54 Å². The lowest BCUT2D eigenvalue weighted by Gasteiger charge is -2.06. The Morgan fingerprint density at radius 2 is 1.74 bits per heavy atom. The summed E-state index contributed by atoms with van der Waals surface area (Å²) >= 11 is 0. The Bertz CT molecular complexity index is 570. The molecule has 0 bridgehead atoms. The summed E-state index contributed by atoms with van der Waals surface area (Å²) < 4.78 is 13.6. The molecule has 1 aliphatic rings. The average molecular weight is 255 g/mol. The Labute approximate surface area is 113 Å². The molecule has 2 heteroatoms. The summed E-state index contributed by atoms with van der Waals surface area (Å²) in [7, 11) is 0. The number of hydrogen-bond donors (Lipinski definition) is 1. The Kier molecular flexibility index (Phi) is 3.34. The first kappa shape index (κ1) is 12.4. The van der Waals surface area contributed by atoms with E-state index in [1.54, 1.807) is 13.0 Å². The van der Waals surface area contributed by atoms with Crippen molar-refractivity contribution in [2.75, 3.05) is 0 Å². The van der Waals surface area contributed by atoms with Gasteiger partial charge in [0.15, 0.2) is 0 Å². The quantitative estimate of drug-likeness (QED) is 0.869. The Morgan fingerprint density at radius 3 is 2.37 bits per heavy atom. The summed E-state index contributed by atoms with van der Waals surface area (Å²) in [6.07, 6.45) is 2.61. The first-order valence-corrected chi connectivity index (χ1v) is 6.81. The molecular weight excluding hydrogens is 237 g/mol.